The number of methoxy groups -OCH3 is 2. The van der Waals surface area contributed by atoms with Crippen molar-refractivity contribution < 1.29 is 53.2 Å². The van der Waals surface area contributed by atoms with Crippen LogP contribution in [0.15, 0.2) is 85.1 Å². The summed E-state index contributed by atoms with van der Waals surface area (Å²) in [7, 11) is 2.61. The van der Waals surface area contributed by atoms with E-state index in [0.717, 1.165) is 29.3 Å². The molecule has 0 saturated heterocycles. The van der Waals surface area contributed by atoms with Gasteiger partial charge in [0.25, 0.3) is 0 Å². The van der Waals surface area contributed by atoms with E-state index in [1.165, 1.54) is 27.2 Å². The number of unbranched alkanes of at least 4 members (excludes halogenated alkanes) is 1. The van der Waals surface area contributed by atoms with Gasteiger partial charge in [-0.05, 0) is 93.4 Å². The number of carboxylic acids is 2. The number of carbonyl (C=O) groups is 7. The zero-order chi connectivity index (χ0) is 55.2. The summed E-state index contributed by atoms with van der Waals surface area (Å²) in [5.74, 6) is -4.97. The lowest BCUT2D eigenvalue weighted by atomic mass is 10.0. The van der Waals surface area contributed by atoms with Gasteiger partial charge in [-0.3, -0.25) is 19.2 Å². The number of carbonyl (C=O) groups excluding carboxylic acids is 5. The molecule has 74 heavy (non-hydrogen) atoms. The van der Waals surface area contributed by atoms with E-state index in [1.807, 2.05) is 37.4 Å². The van der Waals surface area contributed by atoms with Gasteiger partial charge in [0.05, 0.1) is 50.8 Å². The summed E-state index contributed by atoms with van der Waals surface area (Å²) in [6, 6.07) is 17.6. The molecule has 0 spiro atoms. The Morgan fingerprint density at radius 1 is 0.568 bits per heavy atom. The first-order valence-electron chi connectivity index (χ1n) is 22.7. The zero-order valence-corrected chi connectivity index (χ0v) is 45.5. The minimum atomic E-state index is -1.50. The van der Waals surface area contributed by atoms with Crippen LogP contribution in [0, 0.1) is 0 Å². The second-order valence-corrected chi connectivity index (χ2v) is 18.8. The van der Waals surface area contributed by atoms with Gasteiger partial charge in [0.1, 0.15) is 36.3 Å². The molecule has 4 aromatic carbocycles. The minimum absolute atomic E-state index is 0.289. The van der Waals surface area contributed by atoms with E-state index >= 15 is 0 Å². The molecule has 0 radical (unpaired) electrons. The molecule has 5 rings (SSSR count). The van der Waals surface area contributed by atoms with Crippen molar-refractivity contribution in [3.63, 3.8) is 0 Å². The van der Waals surface area contributed by atoms with Crippen molar-refractivity contribution in [1.29, 1.82) is 0 Å². The van der Waals surface area contributed by atoms with Crippen molar-refractivity contribution in [2.75, 3.05) is 30.2 Å². The topological polar surface area (TPSA) is 266 Å². The number of benzene rings is 4. The first-order valence-corrected chi connectivity index (χ1v) is 25.0. The number of hydrogen-bond acceptors (Lipinski definition) is 12. The Morgan fingerprint density at radius 2 is 0.973 bits per heavy atom. The van der Waals surface area contributed by atoms with Gasteiger partial charge in [0, 0.05) is 40.6 Å². The normalized spacial score (nSPS) is 13.0. The predicted molar refractivity (Wildman–Crippen MR) is 290 cm³/mol. The van der Waals surface area contributed by atoms with Crippen molar-refractivity contribution in [2.45, 2.75) is 96.1 Å². The quantitative estimate of drug-likeness (QED) is 0.0292. The van der Waals surface area contributed by atoms with E-state index in [0.29, 0.717) is 60.0 Å². The van der Waals surface area contributed by atoms with E-state index in [2.05, 4.69) is 36.9 Å². The van der Waals surface area contributed by atoms with Crippen molar-refractivity contribution in [2.24, 2.45) is 0 Å². The number of rotatable bonds is 22. The molecule has 24 heteroatoms. The number of carboxylic acid groups (broad SMARTS) is 2. The highest BCUT2D eigenvalue weighted by atomic mass is 35.5. The number of aliphatic carboxylic acids is 2. The number of ether oxygens (including phenoxy) is 2. The van der Waals surface area contributed by atoms with Gasteiger partial charge in [-0.1, -0.05) is 108 Å². The molecule has 3 amide bonds. The maximum atomic E-state index is 12.7. The van der Waals surface area contributed by atoms with Gasteiger partial charge >= 0.3 is 23.9 Å². The number of H-pyrrole nitrogens is 1. The number of halogens is 6. The summed E-state index contributed by atoms with van der Waals surface area (Å²) in [5, 5.41) is 37.3. The van der Waals surface area contributed by atoms with Crippen LogP contribution in [-0.2, 0) is 49.5 Å². The van der Waals surface area contributed by atoms with E-state index in [1.54, 1.807) is 62.4 Å². The highest BCUT2D eigenvalue weighted by Gasteiger charge is 2.28. The molecule has 1 heterocycles. The van der Waals surface area contributed by atoms with E-state index in [4.69, 9.17) is 89.3 Å². The maximum absolute atomic E-state index is 12.7. The SMILES string of the molecule is CCCCC(NC(=O)[C@H](C)Nc1ccc(Cl)c(Cl)c1)C(=O)OC.COC(=O)[C@H](Cc1c[nH]c2ccccc12)NC(=O)[C@H](C)Nc1ccc(Cl)c(Cl)c1.C[C@H](Nc1ccc(Cl)c(Cl)c1)C(=O)N[C@@H](CC(=O)O)C(=O)O. The Labute approximate surface area is 457 Å². The molecule has 0 bridgehead atoms. The van der Waals surface area contributed by atoms with E-state index in [-0.39, 0.29) is 11.8 Å². The fourth-order valence-corrected chi connectivity index (χ4v) is 7.52. The smallest absolute Gasteiger partial charge is 0.328 e. The Bertz CT molecular complexity index is 2750. The standard InChI is InChI=1S/C21H21Cl2N3O3.C16H22Cl2N2O3.C13H14Cl2N2O5/c1-12(25-14-7-8-16(22)17(23)10-14)20(27)26-19(21(28)29-2)9-13-11-24-18-6-4-3-5-15(13)18;1-4-5-6-14(16(22)23-3)20-15(21)10(2)19-11-7-8-12(17)13(18)9-11;1-6(16-7-2-3-8(14)9(15)4-7)12(20)17-10(13(21)22)5-11(18)19/h3-8,10-12,19,24-25H,9H2,1-2H3,(H,26,27);7-10,14,19H,4-6H2,1-3H3,(H,20,21);2-4,6,10,16H,5H2,1H3,(H,17,20)(H,18,19)(H,21,22)/t12-,19-;10-,14?;6-,10-/m000/s1. The highest BCUT2D eigenvalue weighted by molar-refractivity contribution is 6.43. The average molecular weight is 1140 g/mol. The molecule has 0 fully saturated rings. The molecule has 1 aromatic heterocycles. The lowest BCUT2D eigenvalue weighted by molar-refractivity contribution is -0.147. The Hall–Kier alpha value is -6.15. The molecular formula is C50H57Cl6N7O11. The lowest BCUT2D eigenvalue weighted by Gasteiger charge is -2.20. The molecule has 0 saturated carbocycles. The van der Waals surface area contributed by atoms with Gasteiger partial charge in [0.2, 0.25) is 17.7 Å². The zero-order valence-electron chi connectivity index (χ0n) is 40.9. The van der Waals surface area contributed by atoms with Crippen LogP contribution in [0.5, 0.6) is 0 Å². The van der Waals surface area contributed by atoms with E-state index in [9.17, 15) is 33.6 Å². The first kappa shape index (κ1) is 62.1. The van der Waals surface area contributed by atoms with Crippen LogP contribution in [0.4, 0.5) is 17.1 Å². The Kier molecular flexibility index (Phi) is 26.0. The maximum Gasteiger partial charge on any atom is 0.328 e. The lowest BCUT2D eigenvalue weighted by Crippen LogP contribution is -2.48. The van der Waals surface area contributed by atoms with Crippen LogP contribution >= 0.6 is 69.6 Å². The minimum Gasteiger partial charge on any atom is -0.481 e. The van der Waals surface area contributed by atoms with Crippen molar-refractivity contribution in [3.8, 4) is 0 Å². The number of para-hydroxylation sites is 1. The number of anilines is 3. The number of amides is 3. The fourth-order valence-electron chi connectivity index (χ4n) is 6.62. The van der Waals surface area contributed by atoms with Gasteiger partial charge in [-0.25, -0.2) is 14.4 Å². The monoisotopic (exact) mass is 1140 g/mol. The van der Waals surface area contributed by atoms with Crippen LogP contribution < -0.4 is 31.9 Å². The van der Waals surface area contributed by atoms with Crippen LogP contribution in [0.25, 0.3) is 10.9 Å². The molecule has 5 aromatic rings. The van der Waals surface area contributed by atoms with Crippen LogP contribution in [0.3, 0.4) is 0 Å². The third-order valence-electron chi connectivity index (χ3n) is 10.6. The summed E-state index contributed by atoms with van der Waals surface area (Å²) in [6.45, 7) is 6.91. The predicted octanol–water partition coefficient (Wildman–Crippen LogP) is 9.66. The second kappa shape index (κ2) is 30.9. The largest absolute Gasteiger partial charge is 0.481 e. The molecular weight excluding hydrogens is 1090 g/mol. The van der Waals surface area contributed by atoms with E-state index < -0.39 is 72.5 Å². The van der Waals surface area contributed by atoms with Crippen LogP contribution in [0.1, 0.15) is 58.9 Å². The molecule has 0 aliphatic rings. The highest BCUT2D eigenvalue weighted by Crippen LogP contribution is 2.28. The number of hydrogen-bond donors (Lipinski definition) is 9. The molecule has 0 aliphatic carbocycles. The summed E-state index contributed by atoms with van der Waals surface area (Å²) in [5.41, 5.74) is 3.72. The van der Waals surface area contributed by atoms with Crippen molar-refractivity contribution in [3.05, 3.63) is 121 Å². The number of esters is 2. The summed E-state index contributed by atoms with van der Waals surface area (Å²) >= 11 is 35.3. The summed E-state index contributed by atoms with van der Waals surface area (Å²) in [6.07, 6.45) is 3.75. The first-order chi connectivity index (χ1) is 35.0. The molecule has 0 aliphatic heterocycles. The third kappa shape index (κ3) is 20.3. The van der Waals surface area contributed by atoms with Gasteiger partial charge in [-0.2, -0.15) is 0 Å². The Balaban J connectivity index is 0.000000297. The molecule has 18 nitrogen and oxygen atoms in total. The van der Waals surface area contributed by atoms with Gasteiger partial charge < -0.3 is 56.6 Å². The molecule has 9 N–H and O–H groups in total. The molecule has 400 valence electrons. The average Bonchev–Trinajstić information content (AvgIpc) is 3.77. The summed E-state index contributed by atoms with van der Waals surface area (Å²) < 4.78 is 9.62. The molecule has 1 unspecified atom stereocenters. The third-order valence-corrected chi connectivity index (χ3v) is 12.8. The van der Waals surface area contributed by atoms with Gasteiger partial charge in [-0.15, -0.1) is 0 Å². The Morgan fingerprint density at radius 3 is 1.36 bits per heavy atom. The number of aromatic amines is 1. The molecule has 6 atom stereocenters. The number of nitrogens with one attached hydrogen (secondary N) is 7. The van der Waals surface area contributed by atoms with Crippen molar-refractivity contribution >= 4 is 139 Å². The second-order valence-electron chi connectivity index (χ2n) is 16.4. The number of aromatic nitrogens is 1. The fraction of sp³-hybridized carbons (Fsp3) is 0.340. The summed E-state index contributed by atoms with van der Waals surface area (Å²) in [4.78, 5) is 85.5. The van der Waals surface area contributed by atoms with Gasteiger partial charge in [0.15, 0.2) is 0 Å². The van der Waals surface area contributed by atoms with Crippen molar-refractivity contribution in [1.82, 2.24) is 20.9 Å². The van der Waals surface area contributed by atoms with Crippen LogP contribution in [-0.4, -0.2) is 107 Å². The van der Waals surface area contributed by atoms with Crippen LogP contribution in [0.2, 0.25) is 30.1 Å². The number of fused-ring (bicyclic) bond motifs is 1.